The topological polar surface area (TPSA) is 58.6 Å². The highest BCUT2D eigenvalue weighted by Gasteiger charge is 2.20. The van der Waals surface area contributed by atoms with Crippen molar-refractivity contribution in [2.24, 2.45) is 0 Å². The van der Waals surface area contributed by atoms with Gasteiger partial charge in [-0.2, -0.15) is 0 Å². The summed E-state index contributed by atoms with van der Waals surface area (Å²) in [5.41, 5.74) is 3.25. The summed E-state index contributed by atoms with van der Waals surface area (Å²) < 4.78 is 5.46. The smallest absolute Gasteiger partial charge is 0.255 e. The van der Waals surface area contributed by atoms with Gasteiger partial charge in [-0.1, -0.05) is 30.3 Å². The third kappa shape index (κ3) is 4.49. The van der Waals surface area contributed by atoms with E-state index in [-0.39, 0.29) is 11.8 Å². The van der Waals surface area contributed by atoms with Crippen LogP contribution in [0.1, 0.15) is 41.3 Å². The summed E-state index contributed by atoms with van der Waals surface area (Å²) in [4.78, 5) is 26.3. The first-order valence-electron chi connectivity index (χ1n) is 9.01. The lowest BCUT2D eigenvalue weighted by Crippen LogP contribution is -2.24. The summed E-state index contributed by atoms with van der Waals surface area (Å²) in [6.07, 6.45) is 1.53. The van der Waals surface area contributed by atoms with Gasteiger partial charge < -0.3 is 15.0 Å². The maximum Gasteiger partial charge on any atom is 0.255 e. The fraction of sp³-hybridized carbons (Fsp3) is 0.333. The van der Waals surface area contributed by atoms with Crippen LogP contribution >= 0.6 is 0 Å². The number of ether oxygens (including phenoxy) is 1. The predicted molar refractivity (Wildman–Crippen MR) is 101 cm³/mol. The summed E-state index contributed by atoms with van der Waals surface area (Å²) in [5.74, 6) is 0.0215. The van der Waals surface area contributed by atoms with E-state index in [1.165, 1.54) is 0 Å². The Morgan fingerprint density at radius 1 is 1.19 bits per heavy atom. The minimum Gasteiger partial charge on any atom is -0.377 e. The third-order valence-electron chi connectivity index (χ3n) is 4.46. The quantitative estimate of drug-likeness (QED) is 0.828. The van der Waals surface area contributed by atoms with Crippen molar-refractivity contribution in [3.63, 3.8) is 0 Å². The standard InChI is InChI=1S/C21H24N2O3/c1-2-26-15-18-8-3-4-10-19(18)22-21(25)17-9-5-7-16(13-17)14-23-12-6-11-20(23)24/h3-5,7-10,13H,2,6,11-12,14-15H2,1H3,(H,22,25). The zero-order valence-electron chi connectivity index (χ0n) is 15.0. The molecule has 1 aliphatic rings. The van der Waals surface area contributed by atoms with E-state index in [4.69, 9.17) is 4.74 Å². The van der Waals surface area contributed by atoms with Crippen LogP contribution in [0.15, 0.2) is 48.5 Å². The number of hydrogen-bond acceptors (Lipinski definition) is 3. The fourth-order valence-corrected chi connectivity index (χ4v) is 3.08. The molecular formula is C21H24N2O3. The second-order valence-electron chi connectivity index (χ2n) is 6.37. The Kier molecular flexibility index (Phi) is 6.02. The van der Waals surface area contributed by atoms with Crippen LogP contribution in [0.25, 0.3) is 0 Å². The number of likely N-dealkylation sites (tertiary alicyclic amines) is 1. The van der Waals surface area contributed by atoms with Crippen LogP contribution in [0.4, 0.5) is 5.69 Å². The molecule has 0 atom stereocenters. The highest BCUT2D eigenvalue weighted by atomic mass is 16.5. The molecule has 136 valence electrons. The molecule has 1 fully saturated rings. The lowest BCUT2D eigenvalue weighted by atomic mass is 10.1. The van der Waals surface area contributed by atoms with Crippen LogP contribution in [0.2, 0.25) is 0 Å². The van der Waals surface area contributed by atoms with E-state index >= 15 is 0 Å². The van der Waals surface area contributed by atoms with Crippen LogP contribution in [0, 0.1) is 0 Å². The molecule has 0 aromatic heterocycles. The van der Waals surface area contributed by atoms with Crippen LogP contribution in [-0.2, 0) is 22.7 Å². The number of hydrogen-bond donors (Lipinski definition) is 1. The molecule has 2 amide bonds. The zero-order valence-corrected chi connectivity index (χ0v) is 15.0. The van der Waals surface area contributed by atoms with E-state index in [1.807, 2.05) is 54.3 Å². The van der Waals surface area contributed by atoms with E-state index in [0.717, 1.165) is 29.8 Å². The van der Waals surface area contributed by atoms with Crippen molar-refractivity contribution in [1.29, 1.82) is 0 Å². The van der Waals surface area contributed by atoms with E-state index < -0.39 is 0 Å². The van der Waals surface area contributed by atoms with E-state index in [9.17, 15) is 9.59 Å². The van der Waals surface area contributed by atoms with Gasteiger partial charge in [-0.05, 0) is 37.1 Å². The number of anilines is 1. The molecule has 0 bridgehead atoms. The second kappa shape index (κ2) is 8.63. The minimum atomic E-state index is -0.163. The Morgan fingerprint density at radius 2 is 2.04 bits per heavy atom. The number of benzene rings is 2. The van der Waals surface area contributed by atoms with E-state index in [0.29, 0.717) is 31.7 Å². The van der Waals surface area contributed by atoms with Gasteiger partial charge in [0.2, 0.25) is 5.91 Å². The minimum absolute atomic E-state index is 0.163. The summed E-state index contributed by atoms with van der Waals surface area (Å²) in [6.45, 7) is 4.38. The number of nitrogens with one attached hydrogen (secondary N) is 1. The van der Waals surface area contributed by atoms with Crippen molar-refractivity contribution in [2.45, 2.75) is 32.9 Å². The number of carbonyl (C=O) groups excluding carboxylic acids is 2. The summed E-state index contributed by atoms with van der Waals surface area (Å²) in [7, 11) is 0. The zero-order chi connectivity index (χ0) is 18.4. The Labute approximate surface area is 154 Å². The molecule has 1 heterocycles. The fourth-order valence-electron chi connectivity index (χ4n) is 3.08. The van der Waals surface area contributed by atoms with Crippen LogP contribution in [0.3, 0.4) is 0 Å². The highest BCUT2D eigenvalue weighted by Crippen LogP contribution is 2.19. The molecule has 5 nitrogen and oxygen atoms in total. The van der Waals surface area contributed by atoms with Crippen LogP contribution in [-0.4, -0.2) is 29.9 Å². The second-order valence-corrected chi connectivity index (χ2v) is 6.37. The molecule has 0 unspecified atom stereocenters. The molecule has 26 heavy (non-hydrogen) atoms. The number of rotatable bonds is 7. The Bertz CT molecular complexity index is 788. The van der Waals surface area contributed by atoms with Gasteiger partial charge in [-0.25, -0.2) is 0 Å². The first-order valence-corrected chi connectivity index (χ1v) is 9.01. The molecule has 1 N–H and O–H groups in total. The van der Waals surface area contributed by atoms with Gasteiger partial charge in [0.1, 0.15) is 0 Å². The summed E-state index contributed by atoms with van der Waals surface area (Å²) >= 11 is 0. The van der Waals surface area contributed by atoms with Gasteiger partial charge in [0.25, 0.3) is 5.91 Å². The largest absolute Gasteiger partial charge is 0.377 e. The summed E-state index contributed by atoms with van der Waals surface area (Å²) in [5, 5.41) is 2.97. The molecule has 2 aromatic carbocycles. The van der Waals surface area contributed by atoms with Crippen LogP contribution in [0.5, 0.6) is 0 Å². The third-order valence-corrected chi connectivity index (χ3v) is 4.46. The van der Waals surface area contributed by atoms with Crippen molar-refractivity contribution < 1.29 is 14.3 Å². The SMILES string of the molecule is CCOCc1ccccc1NC(=O)c1cccc(CN2CCCC2=O)c1. The molecule has 2 aromatic rings. The van der Waals surface area contributed by atoms with Gasteiger partial charge in [-0.3, -0.25) is 9.59 Å². The summed E-state index contributed by atoms with van der Waals surface area (Å²) in [6, 6.07) is 15.1. The number of amides is 2. The maximum atomic E-state index is 12.7. The number of nitrogens with zero attached hydrogens (tertiary/aromatic N) is 1. The predicted octanol–water partition coefficient (Wildman–Crippen LogP) is 3.60. The normalized spacial score (nSPS) is 13.9. The van der Waals surface area contributed by atoms with Crippen molar-refractivity contribution in [1.82, 2.24) is 4.90 Å². The average molecular weight is 352 g/mol. The molecule has 5 heteroatoms. The van der Waals surface area contributed by atoms with Gasteiger partial charge in [0.15, 0.2) is 0 Å². The van der Waals surface area contributed by atoms with Crippen molar-refractivity contribution in [3.05, 3.63) is 65.2 Å². The maximum absolute atomic E-state index is 12.7. The van der Waals surface area contributed by atoms with Gasteiger partial charge >= 0.3 is 0 Å². The van der Waals surface area contributed by atoms with E-state index in [2.05, 4.69) is 5.32 Å². The van der Waals surface area contributed by atoms with Gasteiger partial charge in [-0.15, -0.1) is 0 Å². The highest BCUT2D eigenvalue weighted by molar-refractivity contribution is 6.04. The molecule has 3 rings (SSSR count). The number of para-hydroxylation sites is 1. The lowest BCUT2D eigenvalue weighted by Gasteiger charge is -2.16. The van der Waals surface area contributed by atoms with Gasteiger partial charge in [0.05, 0.1) is 6.61 Å². The molecule has 1 saturated heterocycles. The van der Waals surface area contributed by atoms with Crippen LogP contribution < -0.4 is 5.32 Å². The van der Waals surface area contributed by atoms with Crippen molar-refractivity contribution in [2.75, 3.05) is 18.5 Å². The van der Waals surface area contributed by atoms with Crippen molar-refractivity contribution in [3.8, 4) is 0 Å². The monoisotopic (exact) mass is 352 g/mol. The lowest BCUT2D eigenvalue weighted by molar-refractivity contribution is -0.128. The molecule has 0 saturated carbocycles. The molecular weight excluding hydrogens is 328 g/mol. The molecule has 0 aliphatic carbocycles. The Morgan fingerprint density at radius 3 is 2.81 bits per heavy atom. The average Bonchev–Trinajstić information content (AvgIpc) is 3.06. The van der Waals surface area contributed by atoms with Crippen molar-refractivity contribution >= 4 is 17.5 Å². The first kappa shape index (κ1) is 18.1. The molecule has 0 radical (unpaired) electrons. The Balaban J connectivity index is 1.70. The molecule has 0 spiro atoms. The molecule has 1 aliphatic heterocycles. The van der Waals surface area contributed by atoms with E-state index in [1.54, 1.807) is 6.07 Å². The first-order chi connectivity index (χ1) is 12.7. The van der Waals surface area contributed by atoms with Gasteiger partial charge in [0, 0.05) is 42.9 Å². The number of carbonyl (C=O) groups is 2. The Hall–Kier alpha value is -2.66.